The summed E-state index contributed by atoms with van der Waals surface area (Å²) in [6.07, 6.45) is 0.269. The van der Waals surface area contributed by atoms with E-state index in [0.29, 0.717) is 0 Å². The number of carbonyl (C=O) groups is 4. The molecule has 3 amide bonds. The number of aliphatic carboxylic acids is 1. The number of nitrogens with zero attached hydrogens (tertiary/aromatic N) is 1. The number of hydrogen-bond donors (Lipinski definition) is 2. The molecule has 2 aliphatic rings. The van der Waals surface area contributed by atoms with Gasteiger partial charge in [-0.1, -0.05) is 11.6 Å². The van der Waals surface area contributed by atoms with Crippen LogP contribution in [0.2, 0.25) is 0 Å². The molecule has 1 aromatic carbocycles. The lowest BCUT2D eigenvalue weighted by atomic mass is 9.90. The van der Waals surface area contributed by atoms with Crippen molar-refractivity contribution in [2.45, 2.75) is 25.3 Å². The summed E-state index contributed by atoms with van der Waals surface area (Å²) in [7, 11) is 0. The average molecular weight is 346 g/mol. The third-order valence-corrected chi connectivity index (χ3v) is 4.56. The Labute approximate surface area is 143 Å². The number of rotatable bonds is 4. The van der Waals surface area contributed by atoms with Crippen LogP contribution in [0.15, 0.2) is 18.2 Å². The molecular formula is C17H18N2O6. The van der Waals surface area contributed by atoms with Gasteiger partial charge < -0.3 is 15.2 Å². The average Bonchev–Trinajstić information content (AvgIpc) is 2.80. The second-order valence-corrected chi connectivity index (χ2v) is 6.29. The van der Waals surface area contributed by atoms with Crippen molar-refractivity contribution in [3.63, 3.8) is 0 Å². The van der Waals surface area contributed by atoms with Crippen LogP contribution < -0.4 is 5.32 Å². The van der Waals surface area contributed by atoms with Gasteiger partial charge in [0.15, 0.2) is 0 Å². The summed E-state index contributed by atoms with van der Waals surface area (Å²) in [5, 5.41) is 11.9. The second kappa shape index (κ2) is 6.29. The molecule has 0 radical (unpaired) electrons. The molecule has 0 unspecified atom stereocenters. The summed E-state index contributed by atoms with van der Waals surface area (Å²) < 4.78 is 5.14. The zero-order valence-corrected chi connectivity index (χ0v) is 13.7. The fraction of sp³-hybridized carbons (Fsp3) is 0.412. The van der Waals surface area contributed by atoms with Crippen LogP contribution in [-0.2, 0) is 14.3 Å². The Balaban J connectivity index is 1.74. The van der Waals surface area contributed by atoms with E-state index in [1.54, 1.807) is 25.1 Å². The SMILES string of the molecule is Cc1ccc2c(c1)C(=O)N(CC(=O)NC1(C(=O)O)CCOCC1)C2=O. The van der Waals surface area contributed by atoms with Gasteiger partial charge in [0.2, 0.25) is 5.91 Å². The lowest BCUT2D eigenvalue weighted by Crippen LogP contribution is -2.59. The minimum absolute atomic E-state index is 0.134. The molecule has 3 rings (SSSR count). The Morgan fingerprint density at radius 1 is 1.20 bits per heavy atom. The van der Waals surface area contributed by atoms with Crippen LogP contribution >= 0.6 is 0 Å². The van der Waals surface area contributed by atoms with Crippen LogP contribution in [-0.4, -0.2) is 59.0 Å². The largest absolute Gasteiger partial charge is 0.480 e. The smallest absolute Gasteiger partial charge is 0.329 e. The summed E-state index contributed by atoms with van der Waals surface area (Å²) in [5.41, 5.74) is -0.0811. The second-order valence-electron chi connectivity index (χ2n) is 6.29. The van der Waals surface area contributed by atoms with Crippen molar-refractivity contribution < 1.29 is 29.0 Å². The number of fused-ring (bicyclic) bond motifs is 1. The highest BCUT2D eigenvalue weighted by atomic mass is 16.5. The number of carboxylic acids is 1. The molecule has 132 valence electrons. The van der Waals surface area contributed by atoms with Crippen LogP contribution in [0.1, 0.15) is 39.1 Å². The molecule has 0 atom stereocenters. The summed E-state index contributed by atoms with van der Waals surface area (Å²) in [4.78, 5) is 49.5. The van der Waals surface area contributed by atoms with Crippen molar-refractivity contribution in [3.8, 4) is 0 Å². The quantitative estimate of drug-likeness (QED) is 0.760. The first-order valence-corrected chi connectivity index (χ1v) is 7.93. The Morgan fingerprint density at radius 3 is 2.48 bits per heavy atom. The van der Waals surface area contributed by atoms with Crippen LogP contribution in [0, 0.1) is 6.92 Å². The summed E-state index contributed by atoms with van der Waals surface area (Å²) in [5.74, 6) is -2.93. The van der Waals surface area contributed by atoms with E-state index in [4.69, 9.17) is 4.74 Å². The normalized spacial score (nSPS) is 18.8. The first kappa shape index (κ1) is 17.1. The molecule has 0 aliphatic carbocycles. The van der Waals surface area contributed by atoms with E-state index in [0.717, 1.165) is 10.5 Å². The highest BCUT2D eigenvalue weighted by Crippen LogP contribution is 2.24. The third-order valence-electron chi connectivity index (χ3n) is 4.56. The van der Waals surface area contributed by atoms with Gasteiger partial charge in [0.25, 0.3) is 11.8 Å². The predicted octanol–water partition coefficient (Wildman–Crippen LogP) is 0.341. The Hall–Kier alpha value is -2.74. The number of imide groups is 1. The third kappa shape index (κ3) is 3.00. The van der Waals surface area contributed by atoms with E-state index in [1.807, 2.05) is 0 Å². The maximum absolute atomic E-state index is 12.4. The predicted molar refractivity (Wildman–Crippen MR) is 85.1 cm³/mol. The monoisotopic (exact) mass is 346 g/mol. The molecule has 2 heterocycles. The lowest BCUT2D eigenvalue weighted by Gasteiger charge is -2.34. The Kier molecular flexibility index (Phi) is 4.30. The molecule has 25 heavy (non-hydrogen) atoms. The van der Waals surface area contributed by atoms with E-state index >= 15 is 0 Å². The summed E-state index contributed by atoms with van der Waals surface area (Å²) >= 11 is 0. The van der Waals surface area contributed by atoms with Crippen LogP contribution in [0.4, 0.5) is 0 Å². The van der Waals surface area contributed by atoms with E-state index < -0.39 is 35.8 Å². The Bertz CT molecular complexity index is 766. The van der Waals surface area contributed by atoms with Gasteiger partial charge in [0, 0.05) is 26.1 Å². The number of hydrogen-bond acceptors (Lipinski definition) is 5. The molecule has 1 fully saturated rings. The van der Waals surface area contributed by atoms with Crippen molar-refractivity contribution in [1.29, 1.82) is 0 Å². The fourth-order valence-corrected chi connectivity index (χ4v) is 3.11. The zero-order valence-electron chi connectivity index (χ0n) is 13.7. The number of nitrogens with one attached hydrogen (secondary N) is 1. The molecule has 8 heteroatoms. The molecule has 2 aliphatic heterocycles. The highest BCUT2D eigenvalue weighted by molar-refractivity contribution is 6.22. The van der Waals surface area contributed by atoms with E-state index in [1.165, 1.54) is 0 Å². The van der Waals surface area contributed by atoms with Crippen LogP contribution in [0.25, 0.3) is 0 Å². The maximum atomic E-state index is 12.4. The molecule has 1 saturated heterocycles. The topological polar surface area (TPSA) is 113 Å². The van der Waals surface area contributed by atoms with Gasteiger partial charge in [-0.2, -0.15) is 0 Å². The molecule has 0 saturated carbocycles. The summed E-state index contributed by atoms with van der Waals surface area (Å²) in [6.45, 7) is 1.73. The fourth-order valence-electron chi connectivity index (χ4n) is 3.11. The highest BCUT2D eigenvalue weighted by Gasteiger charge is 2.43. The first-order chi connectivity index (χ1) is 11.8. The number of ether oxygens (including phenoxy) is 1. The number of benzene rings is 1. The van der Waals surface area contributed by atoms with Gasteiger partial charge in [-0.3, -0.25) is 19.3 Å². The summed E-state index contributed by atoms with van der Waals surface area (Å²) in [6, 6.07) is 4.87. The lowest BCUT2D eigenvalue weighted by molar-refractivity contribution is -0.152. The van der Waals surface area contributed by atoms with Crippen molar-refractivity contribution in [2.24, 2.45) is 0 Å². The molecule has 0 spiro atoms. The molecule has 8 nitrogen and oxygen atoms in total. The van der Waals surface area contributed by atoms with Gasteiger partial charge in [-0.05, 0) is 19.1 Å². The minimum atomic E-state index is -1.43. The number of aryl methyl sites for hydroxylation is 1. The molecule has 1 aromatic rings. The molecule has 2 N–H and O–H groups in total. The Morgan fingerprint density at radius 2 is 1.84 bits per heavy atom. The zero-order chi connectivity index (χ0) is 18.2. The molecular weight excluding hydrogens is 328 g/mol. The minimum Gasteiger partial charge on any atom is -0.480 e. The number of amides is 3. The van der Waals surface area contributed by atoms with E-state index in [-0.39, 0.29) is 37.2 Å². The van der Waals surface area contributed by atoms with Crippen molar-refractivity contribution in [3.05, 3.63) is 34.9 Å². The van der Waals surface area contributed by atoms with E-state index in [9.17, 15) is 24.3 Å². The maximum Gasteiger partial charge on any atom is 0.329 e. The number of carbonyl (C=O) groups excluding carboxylic acids is 3. The van der Waals surface area contributed by atoms with Gasteiger partial charge in [-0.25, -0.2) is 4.79 Å². The van der Waals surface area contributed by atoms with Crippen molar-refractivity contribution in [2.75, 3.05) is 19.8 Å². The van der Waals surface area contributed by atoms with E-state index in [2.05, 4.69) is 5.32 Å². The first-order valence-electron chi connectivity index (χ1n) is 7.93. The van der Waals surface area contributed by atoms with Crippen molar-refractivity contribution >= 4 is 23.7 Å². The van der Waals surface area contributed by atoms with Crippen LogP contribution in [0.5, 0.6) is 0 Å². The van der Waals surface area contributed by atoms with Gasteiger partial charge >= 0.3 is 5.97 Å². The standard InChI is InChI=1S/C17H18N2O6/c1-10-2-3-11-12(8-10)15(22)19(14(11)21)9-13(20)18-17(16(23)24)4-6-25-7-5-17/h2-3,8H,4-7,9H2,1H3,(H,18,20)(H,23,24). The van der Waals surface area contributed by atoms with Gasteiger partial charge in [0.05, 0.1) is 11.1 Å². The number of carboxylic acid groups (broad SMARTS) is 1. The van der Waals surface area contributed by atoms with Gasteiger partial charge in [-0.15, -0.1) is 0 Å². The molecule has 0 aromatic heterocycles. The van der Waals surface area contributed by atoms with Crippen LogP contribution in [0.3, 0.4) is 0 Å². The molecule has 0 bridgehead atoms. The van der Waals surface area contributed by atoms with Crippen molar-refractivity contribution in [1.82, 2.24) is 10.2 Å². The van der Waals surface area contributed by atoms with Gasteiger partial charge in [0.1, 0.15) is 12.1 Å².